The summed E-state index contributed by atoms with van der Waals surface area (Å²) < 4.78 is 10.3. The molecule has 0 radical (unpaired) electrons. The van der Waals surface area contributed by atoms with Crippen molar-refractivity contribution < 1.29 is 13.7 Å². The summed E-state index contributed by atoms with van der Waals surface area (Å²) in [6, 6.07) is 5.45. The van der Waals surface area contributed by atoms with E-state index in [9.17, 15) is 4.79 Å². The highest BCUT2D eigenvalue weighted by atomic mass is 16.5. The van der Waals surface area contributed by atoms with Gasteiger partial charge in [0.15, 0.2) is 11.5 Å². The summed E-state index contributed by atoms with van der Waals surface area (Å²) in [6.07, 6.45) is 4.04. The second kappa shape index (κ2) is 6.13. The van der Waals surface area contributed by atoms with E-state index in [1.165, 1.54) is 12.8 Å². The number of amides is 1. The molecule has 21 heavy (non-hydrogen) atoms. The van der Waals surface area contributed by atoms with Gasteiger partial charge in [0.05, 0.1) is 6.26 Å². The van der Waals surface area contributed by atoms with Gasteiger partial charge >= 0.3 is 0 Å². The van der Waals surface area contributed by atoms with Gasteiger partial charge in [-0.15, -0.1) is 0 Å². The SMILES string of the molecule is CC(CNC(=O)c1cc(-c2ccco2)on1)N1CCCC1. The summed E-state index contributed by atoms with van der Waals surface area (Å²) in [5, 5.41) is 6.69. The van der Waals surface area contributed by atoms with E-state index in [2.05, 4.69) is 22.3 Å². The quantitative estimate of drug-likeness (QED) is 0.913. The van der Waals surface area contributed by atoms with E-state index in [4.69, 9.17) is 8.94 Å². The molecule has 1 saturated heterocycles. The highest BCUT2D eigenvalue weighted by Crippen LogP contribution is 2.20. The number of carbonyl (C=O) groups excluding carboxylic acids is 1. The molecule has 0 saturated carbocycles. The van der Waals surface area contributed by atoms with E-state index in [1.54, 1.807) is 24.5 Å². The summed E-state index contributed by atoms with van der Waals surface area (Å²) in [5.74, 6) is 0.798. The lowest BCUT2D eigenvalue weighted by Gasteiger charge is -2.23. The Morgan fingerprint density at radius 3 is 2.95 bits per heavy atom. The fraction of sp³-hybridized carbons (Fsp3) is 0.467. The molecule has 6 nitrogen and oxygen atoms in total. The average Bonchev–Trinajstić information content (AvgIpc) is 3.25. The van der Waals surface area contributed by atoms with E-state index in [0.717, 1.165) is 13.1 Å². The van der Waals surface area contributed by atoms with Gasteiger partial charge in [0, 0.05) is 18.7 Å². The fourth-order valence-corrected chi connectivity index (χ4v) is 2.56. The monoisotopic (exact) mass is 289 g/mol. The normalized spacial score (nSPS) is 17.0. The molecule has 112 valence electrons. The zero-order chi connectivity index (χ0) is 14.7. The number of nitrogens with one attached hydrogen (secondary N) is 1. The predicted molar refractivity (Wildman–Crippen MR) is 76.8 cm³/mol. The van der Waals surface area contributed by atoms with Gasteiger partial charge in [-0.3, -0.25) is 9.69 Å². The van der Waals surface area contributed by atoms with Crippen LogP contribution in [0.4, 0.5) is 0 Å². The van der Waals surface area contributed by atoms with Crippen molar-refractivity contribution >= 4 is 5.91 Å². The maximum absolute atomic E-state index is 12.1. The number of hydrogen-bond acceptors (Lipinski definition) is 5. The lowest BCUT2D eigenvalue weighted by atomic mass is 10.2. The van der Waals surface area contributed by atoms with Crippen LogP contribution in [0.15, 0.2) is 33.4 Å². The lowest BCUT2D eigenvalue weighted by Crippen LogP contribution is -2.40. The summed E-state index contributed by atoms with van der Waals surface area (Å²) in [4.78, 5) is 14.5. The van der Waals surface area contributed by atoms with Gasteiger partial charge in [0.2, 0.25) is 5.76 Å². The molecule has 1 fully saturated rings. The van der Waals surface area contributed by atoms with Crippen LogP contribution in [0.1, 0.15) is 30.3 Å². The summed E-state index contributed by atoms with van der Waals surface area (Å²) in [5.41, 5.74) is 0.273. The molecule has 0 aliphatic carbocycles. The van der Waals surface area contributed by atoms with E-state index in [0.29, 0.717) is 24.1 Å². The van der Waals surface area contributed by atoms with Crippen LogP contribution >= 0.6 is 0 Å². The van der Waals surface area contributed by atoms with Gasteiger partial charge in [-0.2, -0.15) is 0 Å². The topological polar surface area (TPSA) is 71.5 Å². The van der Waals surface area contributed by atoms with Crippen LogP contribution in [0.3, 0.4) is 0 Å². The number of likely N-dealkylation sites (tertiary alicyclic amines) is 1. The van der Waals surface area contributed by atoms with Crippen molar-refractivity contribution in [3.8, 4) is 11.5 Å². The Hall–Kier alpha value is -2.08. The van der Waals surface area contributed by atoms with Gasteiger partial charge in [0.25, 0.3) is 5.91 Å². The number of rotatable bonds is 5. The second-order valence-corrected chi connectivity index (χ2v) is 5.36. The van der Waals surface area contributed by atoms with Crippen molar-refractivity contribution in [3.63, 3.8) is 0 Å². The maximum Gasteiger partial charge on any atom is 0.273 e. The zero-order valence-electron chi connectivity index (χ0n) is 12.0. The third-order valence-corrected chi connectivity index (χ3v) is 3.83. The van der Waals surface area contributed by atoms with Gasteiger partial charge in [-0.25, -0.2) is 0 Å². The molecule has 1 aliphatic rings. The molecule has 6 heteroatoms. The third-order valence-electron chi connectivity index (χ3n) is 3.83. The van der Waals surface area contributed by atoms with Crippen molar-refractivity contribution in [3.05, 3.63) is 30.2 Å². The Labute approximate surface area is 123 Å². The van der Waals surface area contributed by atoms with Crippen LogP contribution in [-0.2, 0) is 0 Å². The molecule has 1 amide bonds. The van der Waals surface area contributed by atoms with Crippen molar-refractivity contribution in [2.45, 2.75) is 25.8 Å². The third kappa shape index (κ3) is 3.16. The summed E-state index contributed by atoms with van der Waals surface area (Å²) in [7, 11) is 0. The van der Waals surface area contributed by atoms with E-state index in [1.807, 2.05) is 0 Å². The molecule has 0 spiro atoms. The molecule has 2 aromatic rings. The minimum atomic E-state index is -0.220. The van der Waals surface area contributed by atoms with Crippen molar-refractivity contribution in [2.75, 3.05) is 19.6 Å². The number of hydrogen-bond donors (Lipinski definition) is 1. The first-order valence-electron chi connectivity index (χ1n) is 7.27. The minimum absolute atomic E-state index is 0.220. The van der Waals surface area contributed by atoms with Crippen LogP contribution in [0.25, 0.3) is 11.5 Å². The minimum Gasteiger partial charge on any atom is -0.461 e. The van der Waals surface area contributed by atoms with E-state index in [-0.39, 0.29) is 11.6 Å². The van der Waals surface area contributed by atoms with Gasteiger partial charge in [-0.05, 0) is 45.0 Å². The number of carbonyl (C=O) groups is 1. The molecule has 2 aromatic heterocycles. The predicted octanol–water partition coefficient (Wildman–Crippen LogP) is 2.15. The van der Waals surface area contributed by atoms with E-state index < -0.39 is 0 Å². The number of nitrogens with zero attached hydrogens (tertiary/aromatic N) is 2. The Kier molecular flexibility index (Phi) is 4.06. The van der Waals surface area contributed by atoms with Crippen LogP contribution in [0.5, 0.6) is 0 Å². The Bertz CT molecular complexity index is 585. The molecular formula is C15H19N3O3. The van der Waals surface area contributed by atoms with Gasteiger partial charge in [-0.1, -0.05) is 5.16 Å². The lowest BCUT2D eigenvalue weighted by molar-refractivity contribution is 0.0931. The first-order valence-corrected chi connectivity index (χ1v) is 7.27. The van der Waals surface area contributed by atoms with Crippen molar-refractivity contribution in [1.29, 1.82) is 0 Å². The van der Waals surface area contributed by atoms with Gasteiger partial charge < -0.3 is 14.3 Å². The first-order chi connectivity index (χ1) is 10.2. The van der Waals surface area contributed by atoms with Crippen molar-refractivity contribution in [2.24, 2.45) is 0 Å². The Morgan fingerprint density at radius 2 is 2.24 bits per heavy atom. The van der Waals surface area contributed by atoms with Crippen LogP contribution in [0, 0.1) is 0 Å². The second-order valence-electron chi connectivity index (χ2n) is 5.36. The van der Waals surface area contributed by atoms with E-state index >= 15 is 0 Å². The van der Waals surface area contributed by atoms with Crippen LogP contribution in [0.2, 0.25) is 0 Å². The average molecular weight is 289 g/mol. The van der Waals surface area contributed by atoms with Crippen LogP contribution in [-0.4, -0.2) is 41.6 Å². The number of aromatic nitrogens is 1. The Morgan fingerprint density at radius 1 is 1.43 bits per heavy atom. The number of furan rings is 1. The Balaban J connectivity index is 1.55. The molecule has 3 rings (SSSR count). The zero-order valence-corrected chi connectivity index (χ0v) is 12.0. The molecule has 1 N–H and O–H groups in total. The summed E-state index contributed by atoms with van der Waals surface area (Å²) in [6.45, 7) is 4.97. The molecular weight excluding hydrogens is 270 g/mol. The highest BCUT2D eigenvalue weighted by Gasteiger charge is 2.20. The molecule has 1 unspecified atom stereocenters. The molecule has 1 aliphatic heterocycles. The molecule has 3 heterocycles. The standard InChI is InChI=1S/C15H19N3O3/c1-11(18-6-2-3-7-18)10-16-15(19)12-9-14(21-17-12)13-5-4-8-20-13/h4-5,8-9,11H,2-3,6-7,10H2,1H3,(H,16,19). The van der Waals surface area contributed by atoms with Crippen molar-refractivity contribution in [1.82, 2.24) is 15.4 Å². The molecule has 0 aromatic carbocycles. The fourth-order valence-electron chi connectivity index (χ4n) is 2.56. The summed E-state index contributed by atoms with van der Waals surface area (Å²) >= 11 is 0. The maximum atomic E-state index is 12.1. The molecule has 1 atom stereocenters. The largest absolute Gasteiger partial charge is 0.461 e. The van der Waals surface area contributed by atoms with Gasteiger partial charge in [0.1, 0.15) is 0 Å². The first kappa shape index (κ1) is 13.9. The van der Waals surface area contributed by atoms with Crippen LogP contribution < -0.4 is 5.32 Å². The highest BCUT2D eigenvalue weighted by molar-refractivity contribution is 5.92. The molecule has 0 bridgehead atoms. The smallest absolute Gasteiger partial charge is 0.273 e.